The van der Waals surface area contributed by atoms with Crippen molar-refractivity contribution >= 4 is 5.91 Å². The van der Waals surface area contributed by atoms with Crippen LogP contribution in [0.4, 0.5) is 0 Å². The average molecular weight is 286 g/mol. The van der Waals surface area contributed by atoms with Gasteiger partial charge in [-0.2, -0.15) is 0 Å². The molecule has 1 saturated heterocycles. The van der Waals surface area contributed by atoms with Crippen molar-refractivity contribution in [2.24, 2.45) is 11.7 Å². The van der Waals surface area contributed by atoms with E-state index in [1.807, 2.05) is 30.0 Å². The summed E-state index contributed by atoms with van der Waals surface area (Å²) in [5.74, 6) is 6.06. The molecular weight excluding hydrogens is 264 g/mol. The van der Waals surface area contributed by atoms with Crippen molar-refractivity contribution in [3.63, 3.8) is 0 Å². The molecular formula is C17H22N2O2. The summed E-state index contributed by atoms with van der Waals surface area (Å²) in [5.41, 5.74) is 7.84. The molecule has 4 heteroatoms. The Labute approximate surface area is 125 Å². The monoisotopic (exact) mass is 286 g/mol. The molecule has 1 aliphatic rings. The fourth-order valence-electron chi connectivity index (χ4n) is 2.72. The molecule has 1 aliphatic heterocycles. The summed E-state index contributed by atoms with van der Waals surface area (Å²) in [7, 11) is 0. The molecule has 1 aromatic carbocycles. The number of piperidine rings is 1. The fourth-order valence-corrected chi connectivity index (χ4v) is 2.72. The Hall–Kier alpha value is -1.83. The molecule has 0 aliphatic carbocycles. The van der Waals surface area contributed by atoms with Gasteiger partial charge < -0.3 is 15.7 Å². The van der Waals surface area contributed by atoms with E-state index in [0.717, 1.165) is 30.5 Å². The number of hydrogen-bond donors (Lipinski definition) is 2. The van der Waals surface area contributed by atoms with Gasteiger partial charge in [0.15, 0.2) is 0 Å². The van der Waals surface area contributed by atoms with Crippen molar-refractivity contribution in [1.29, 1.82) is 0 Å². The third-order valence-corrected chi connectivity index (χ3v) is 3.95. The number of aliphatic hydroxyl groups is 1. The van der Waals surface area contributed by atoms with Gasteiger partial charge in [-0.1, -0.05) is 17.9 Å². The van der Waals surface area contributed by atoms with Crippen LogP contribution in [0, 0.1) is 24.7 Å². The molecule has 3 N–H and O–H groups in total. The van der Waals surface area contributed by atoms with E-state index in [2.05, 4.69) is 11.8 Å². The maximum Gasteiger partial charge on any atom is 0.254 e. The highest BCUT2D eigenvalue weighted by atomic mass is 16.3. The molecule has 4 nitrogen and oxygen atoms in total. The quantitative estimate of drug-likeness (QED) is 0.802. The Morgan fingerprint density at radius 3 is 3.05 bits per heavy atom. The van der Waals surface area contributed by atoms with Crippen LogP contribution in [0.5, 0.6) is 0 Å². The molecule has 2 rings (SSSR count). The minimum atomic E-state index is 0.0297. The third kappa shape index (κ3) is 3.63. The summed E-state index contributed by atoms with van der Waals surface area (Å²) >= 11 is 0. The molecule has 1 unspecified atom stereocenters. The maximum atomic E-state index is 12.7. The summed E-state index contributed by atoms with van der Waals surface area (Å²) in [5, 5.41) is 9.29. The topological polar surface area (TPSA) is 66.6 Å². The first kappa shape index (κ1) is 15.6. The van der Waals surface area contributed by atoms with Crippen LogP contribution in [0.1, 0.15) is 34.3 Å². The largest absolute Gasteiger partial charge is 0.396 e. The Morgan fingerprint density at radius 2 is 2.33 bits per heavy atom. The smallest absolute Gasteiger partial charge is 0.254 e. The number of benzene rings is 1. The zero-order chi connectivity index (χ0) is 15.2. The normalized spacial score (nSPS) is 18.0. The lowest BCUT2D eigenvalue weighted by molar-refractivity contribution is 0.0620. The SMILES string of the molecule is Cc1c(C#CCN)cccc1C(=O)N1CCCC(CO)C1. The van der Waals surface area contributed by atoms with Crippen LogP contribution in [0.2, 0.25) is 0 Å². The molecule has 1 atom stereocenters. The number of rotatable bonds is 2. The summed E-state index contributed by atoms with van der Waals surface area (Å²) in [6, 6.07) is 5.60. The third-order valence-electron chi connectivity index (χ3n) is 3.95. The zero-order valence-corrected chi connectivity index (χ0v) is 12.4. The maximum absolute atomic E-state index is 12.7. The minimum Gasteiger partial charge on any atom is -0.396 e. The van der Waals surface area contributed by atoms with Gasteiger partial charge in [-0.25, -0.2) is 0 Å². The minimum absolute atomic E-state index is 0.0297. The number of carbonyl (C=O) groups is 1. The van der Waals surface area contributed by atoms with E-state index < -0.39 is 0 Å². The number of amides is 1. The zero-order valence-electron chi connectivity index (χ0n) is 12.4. The van der Waals surface area contributed by atoms with Crippen LogP contribution < -0.4 is 5.73 Å². The Bertz CT molecular complexity index is 572. The molecule has 21 heavy (non-hydrogen) atoms. The van der Waals surface area contributed by atoms with E-state index in [1.165, 1.54) is 0 Å². The van der Waals surface area contributed by atoms with Crippen molar-refractivity contribution < 1.29 is 9.90 Å². The van der Waals surface area contributed by atoms with Gasteiger partial charge in [0, 0.05) is 30.8 Å². The molecule has 1 aromatic rings. The van der Waals surface area contributed by atoms with Crippen LogP contribution >= 0.6 is 0 Å². The van der Waals surface area contributed by atoms with E-state index >= 15 is 0 Å². The van der Waals surface area contributed by atoms with Crippen LogP contribution in [0.15, 0.2) is 18.2 Å². The van der Waals surface area contributed by atoms with E-state index in [-0.39, 0.29) is 18.4 Å². The predicted octanol–water partition coefficient (Wildman–Crippen LogP) is 1.15. The van der Waals surface area contributed by atoms with Gasteiger partial charge in [-0.05, 0) is 43.4 Å². The van der Waals surface area contributed by atoms with E-state index in [1.54, 1.807) is 0 Å². The first-order valence-corrected chi connectivity index (χ1v) is 7.36. The van der Waals surface area contributed by atoms with Crippen LogP contribution in [-0.4, -0.2) is 42.2 Å². The van der Waals surface area contributed by atoms with E-state index in [0.29, 0.717) is 18.7 Å². The van der Waals surface area contributed by atoms with Gasteiger partial charge >= 0.3 is 0 Å². The molecule has 0 saturated carbocycles. The van der Waals surface area contributed by atoms with Crippen molar-refractivity contribution in [1.82, 2.24) is 4.90 Å². The first-order chi connectivity index (χ1) is 10.2. The molecule has 0 bridgehead atoms. The van der Waals surface area contributed by atoms with Gasteiger partial charge in [0.1, 0.15) is 0 Å². The molecule has 0 aromatic heterocycles. The van der Waals surface area contributed by atoms with E-state index in [9.17, 15) is 9.90 Å². The molecule has 112 valence electrons. The number of carbonyl (C=O) groups excluding carboxylic acids is 1. The molecule has 0 spiro atoms. The average Bonchev–Trinajstić information content (AvgIpc) is 2.53. The van der Waals surface area contributed by atoms with Gasteiger partial charge in [0.25, 0.3) is 5.91 Å². The van der Waals surface area contributed by atoms with Gasteiger partial charge in [0.2, 0.25) is 0 Å². The first-order valence-electron chi connectivity index (χ1n) is 7.36. The molecule has 1 heterocycles. The molecule has 0 radical (unpaired) electrons. The number of aliphatic hydroxyl groups excluding tert-OH is 1. The molecule has 1 fully saturated rings. The second kappa shape index (κ2) is 7.26. The number of likely N-dealkylation sites (tertiary alicyclic amines) is 1. The standard InChI is InChI=1S/C17H22N2O2/c1-13-15(7-3-9-18)6-2-8-16(13)17(21)19-10-4-5-14(11-19)12-20/h2,6,8,14,20H,4-5,9-12,18H2,1H3. The highest BCUT2D eigenvalue weighted by Gasteiger charge is 2.25. The second-order valence-electron chi connectivity index (χ2n) is 5.43. The summed E-state index contributed by atoms with van der Waals surface area (Å²) < 4.78 is 0. The Balaban J connectivity index is 2.23. The van der Waals surface area contributed by atoms with Crippen LogP contribution in [-0.2, 0) is 0 Å². The number of nitrogens with two attached hydrogens (primary N) is 1. The highest BCUT2D eigenvalue weighted by molar-refractivity contribution is 5.96. The van der Waals surface area contributed by atoms with Crippen molar-refractivity contribution in [3.8, 4) is 11.8 Å². The molecule has 1 amide bonds. The van der Waals surface area contributed by atoms with Crippen molar-refractivity contribution in [3.05, 3.63) is 34.9 Å². The van der Waals surface area contributed by atoms with Gasteiger partial charge in [-0.3, -0.25) is 4.79 Å². The van der Waals surface area contributed by atoms with Gasteiger partial charge in [0.05, 0.1) is 6.54 Å². The summed E-state index contributed by atoms with van der Waals surface area (Å²) in [4.78, 5) is 14.5. The Morgan fingerprint density at radius 1 is 1.52 bits per heavy atom. The van der Waals surface area contributed by atoms with Gasteiger partial charge in [-0.15, -0.1) is 0 Å². The lowest BCUT2D eigenvalue weighted by Gasteiger charge is -2.32. The van der Waals surface area contributed by atoms with Crippen LogP contribution in [0.25, 0.3) is 0 Å². The van der Waals surface area contributed by atoms with Crippen molar-refractivity contribution in [2.45, 2.75) is 19.8 Å². The summed E-state index contributed by atoms with van der Waals surface area (Å²) in [6.45, 7) is 3.76. The van der Waals surface area contributed by atoms with E-state index in [4.69, 9.17) is 5.73 Å². The van der Waals surface area contributed by atoms with Crippen molar-refractivity contribution in [2.75, 3.05) is 26.2 Å². The van der Waals surface area contributed by atoms with Crippen LogP contribution in [0.3, 0.4) is 0 Å². The lowest BCUT2D eigenvalue weighted by Crippen LogP contribution is -2.41. The lowest BCUT2D eigenvalue weighted by atomic mass is 9.96. The predicted molar refractivity (Wildman–Crippen MR) is 82.8 cm³/mol. The second-order valence-corrected chi connectivity index (χ2v) is 5.43. The highest BCUT2D eigenvalue weighted by Crippen LogP contribution is 2.21. The number of hydrogen-bond acceptors (Lipinski definition) is 3. The Kier molecular flexibility index (Phi) is 5.38. The fraction of sp³-hybridized carbons (Fsp3) is 0.471. The number of nitrogens with zero attached hydrogens (tertiary/aromatic N) is 1. The summed E-state index contributed by atoms with van der Waals surface area (Å²) in [6.07, 6.45) is 1.93.